The lowest BCUT2D eigenvalue weighted by Gasteiger charge is -2.37. The molecule has 2 aliphatic heterocycles. The summed E-state index contributed by atoms with van der Waals surface area (Å²) in [7, 11) is 0. The molecule has 3 heterocycles. The SMILES string of the molecule is F[C@H]1CNC[C@H](N2CN=Cc3cc[nH]c32)C1. The van der Waals surface area contributed by atoms with Crippen LogP contribution in [-0.4, -0.2) is 43.2 Å². The molecule has 1 aromatic heterocycles. The maximum Gasteiger partial charge on any atom is 0.116 e. The zero-order valence-corrected chi connectivity index (χ0v) is 8.99. The van der Waals surface area contributed by atoms with Gasteiger partial charge in [0, 0.05) is 43.5 Å². The molecule has 0 aliphatic carbocycles. The number of piperidine rings is 1. The van der Waals surface area contributed by atoms with Crippen molar-refractivity contribution in [3.8, 4) is 0 Å². The molecule has 0 amide bonds. The molecule has 86 valence electrons. The highest BCUT2D eigenvalue weighted by Gasteiger charge is 2.29. The fourth-order valence-electron chi connectivity index (χ4n) is 2.43. The van der Waals surface area contributed by atoms with E-state index in [-0.39, 0.29) is 6.04 Å². The molecule has 5 heteroatoms. The van der Waals surface area contributed by atoms with Gasteiger partial charge < -0.3 is 15.2 Å². The number of aliphatic imine (C=N–C) groups is 1. The van der Waals surface area contributed by atoms with Gasteiger partial charge in [-0.25, -0.2) is 4.39 Å². The van der Waals surface area contributed by atoms with Crippen molar-refractivity contribution in [3.05, 3.63) is 17.8 Å². The van der Waals surface area contributed by atoms with E-state index in [4.69, 9.17) is 0 Å². The monoisotopic (exact) mass is 222 g/mol. The Bertz CT molecular complexity index is 400. The Balaban J connectivity index is 1.83. The number of aromatic amines is 1. The smallest absolute Gasteiger partial charge is 0.116 e. The molecule has 0 saturated carbocycles. The zero-order chi connectivity index (χ0) is 11.0. The molecule has 1 fully saturated rings. The topological polar surface area (TPSA) is 43.4 Å². The predicted octanol–water partition coefficient (Wildman–Crippen LogP) is 0.911. The number of halogens is 1. The van der Waals surface area contributed by atoms with Gasteiger partial charge in [-0.2, -0.15) is 0 Å². The first-order valence-corrected chi connectivity index (χ1v) is 5.63. The molecular weight excluding hydrogens is 207 g/mol. The van der Waals surface area contributed by atoms with E-state index in [0.29, 0.717) is 19.6 Å². The molecule has 16 heavy (non-hydrogen) atoms. The lowest BCUT2D eigenvalue weighted by atomic mass is 10.0. The Morgan fingerprint density at radius 2 is 2.38 bits per heavy atom. The third-order valence-corrected chi connectivity index (χ3v) is 3.22. The summed E-state index contributed by atoms with van der Waals surface area (Å²) in [6.45, 7) is 1.92. The minimum atomic E-state index is -0.747. The lowest BCUT2D eigenvalue weighted by Crippen LogP contribution is -2.51. The van der Waals surface area contributed by atoms with Crippen LogP contribution in [0, 0.1) is 0 Å². The van der Waals surface area contributed by atoms with Crippen LogP contribution in [0.5, 0.6) is 0 Å². The number of anilines is 1. The van der Waals surface area contributed by atoms with Crippen LogP contribution in [0.25, 0.3) is 0 Å². The number of aromatic nitrogens is 1. The summed E-state index contributed by atoms with van der Waals surface area (Å²) in [4.78, 5) is 9.65. The Morgan fingerprint density at radius 3 is 3.25 bits per heavy atom. The molecule has 0 unspecified atom stereocenters. The molecule has 1 saturated heterocycles. The van der Waals surface area contributed by atoms with Gasteiger partial charge in [0.15, 0.2) is 0 Å². The number of nitrogens with one attached hydrogen (secondary N) is 2. The average molecular weight is 222 g/mol. The number of alkyl halides is 1. The molecule has 2 aliphatic rings. The van der Waals surface area contributed by atoms with Gasteiger partial charge in [0.05, 0.1) is 0 Å². The molecule has 0 bridgehead atoms. The maximum atomic E-state index is 13.4. The average Bonchev–Trinajstić information content (AvgIpc) is 2.76. The number of hydrogen-bond acceptors (Lipinski definition) is 3. The standard InChI is InChI=1S/C11H15FN4/c12-9-3-10(6-13-5-9)16-7-14-4-8-1-2-15-11(8)16/h1-2,4,9-10,13,15H,3,5-7H2/t9-,10-/m1/s1. The highest BCUT2D eigenvalue weighted by molar-refractivity contribution is 5.88. The summed E-state index contributed by atoms with van der Waals surface area (Å²) in [5.41, 5.74) is 1.09. The van der Waals surface area contributed by atoms with Crippen LogP contribution in [0.2, 0.25) is 0 Å². The molecule has 3 rings (SSSR count). The van der Waals surface area contributed by atoms with Crippen molar-refractivity contribution in [2.24, 2.45) is 4.99 Å². The van der Waals surface area contributed by atoms with Crippen LogP contribution < -0.4 is 10.2 Å². The van der Waals surface area contributed by atoms with Crippen LogP contribution in [-0.2, 0) is 0 Å². The quantitative estimate of drug-likeness (QED) is 0.741. The van der Waals surface area contributed by atoms with Crippen molar-refractivity contribution < 1.29 is 4.39 Å². The minimum absolute atomic E-state index is 0.193. The van der Waals surface area contributed by atoms with E-state index in [1.165, 1.54) is 0 Å². The largest absolute Gasteiger partial charge is 0.348 e. The minimum Gasteiger partial charge on any atom is -0.348 e. The van der Waals surface area contributed by atoms with Crippen molar-refractivity contribution in [2.45, 2.75) is 18.6 Å². The number of fused-ring (bicyclic) bond motifs is 1. The van der Waals surface area contributed by atoms with E-state index in [1.807, 2.05) is 18.5 Å². The zero-order valence-electron chi connectivity index (χ0n) is 8.99. The van der Waals surface area contributed by atoms with E-state index >= 15 is 0 Å². The summed E-state index contributed by atoms with van der Waals surface area (Å²) in [6, 6.07) is 2.19. The molecule has 2 atom stereocenters. The van der Waals surface area contributed by atoms with Crippen LogP contribution in [0.1, 0.15) is 12.0 Å². The van der Waals surface area contributed by atoms with Crippen LogP contribution >= 0.6 is 0 Å². The lowest BCUT2D eigenvalue weighted by molar-refractivity contribution is 0.242. The van der Waals surface area contributed by atoms with Gasteiger partial charge in [0.2, 0.25) is 0 Å². The van der Waals surface area contributed by atoms with Crippen molar-refractivity contribution in [2.75, 3.05) is 24.7 Å². The Hall–Kier alpha value is -1.36. The van der Waals surface area contributed by atoms with Gasteiger partial charge in [-0.05, 0) is 6.07 Å². The summed E-state index contributed by atoms with van der Waals surface area (Å²) in [5.74, 6) is 1.07. The fourth-order valence-corrected chi connectivity index (χ4v) is 2.43. The van der Waals surface area contributed by atoms with Gasteiger partial charge in [-0.3, -0.25) is 4.99 Å². The first-order valence-electron chi connectivity index (χ1n) is 5.63. The summed E-state index contributed by atoms with van der Waals surface area (Å²) in [6.07, 6.45) is 3.60. The number of rotatable bonds is 1. The van der Waals surface area contributed by atoms with E-state index in [9.17, 15) is 4.39 Å². The fraction of sp³-hybridized carbons (Fsp3) is 0.545. The van der Waals surface area contributed by atoms with Crippen LogP contribution in [0.4, 0.5) is 10.2 Å². The Kier molecular flexibility index (Phi) is 2.40. The highest BCUT2D eigenvalue weighted by Crippen LogP contribution is 2.25. The Labute approximate surface area is 93.6 Å². The van der Waals surface area contributed by atoms with Gasteiger partial charge >= 0.3 is 0 Å². The van der Waals surface area contributed by atoms with Crippen LogP contribution in [0.3, 0.4) is 0 Å². The van der Waals surface area contributed by atoms with E-state index in [1.54, 1.807) is 0 Å². The number of nitrogens with zero attached hydrogens (tertiary/aromatic N) is 2. The van der Waals surface area contributed by atoms with Gasteiger partial charge in [0.25, 0.3) is 0 Å². The van der Waals surface area contributed by atoms with Crippen molar-refractivity contribution in [3.63, 3.8) is 0 Å². The first-order chi connectivity index (χ1) is 7.84. The summed E-state index contributed by atoms with van der Waals surface area (Å²) in [5, 5.41) is 3.12. The molecule has 0 spiro atoms. The molecule has 0 aromatic carbocycles. The van der Waals surface area contributed by atoms with Crippen molar-refractivity contribution in [1.82, 2.24) is 10.3 Å². The predicted molar refractivity (Wildman–Crippen MR) is 61.9 cm³/mol. The molecule has 0 radical (unpaired) electrons. The van der Waals surface area contributed by atoms with Gasteiger partial charge in [-0.15, -0.1) is 0 Å². The molecule has 4 nitrogen and oxygen atoms in total. The third kappa shape index (κ3) is 1.61. The van der Waals surface area contributed by atoms with Crippen molar-refractivity contribution in [1.29, 1.82) is 0 Å². The van der Waals surface area contributed by atoms with E-state index in [0.717, 1.165) is 17.9 Å². The second-order valence-electron chi connectivity index (χ2n) is 4.35. The van der Waals surface area contributed by atoms with E-state index < -0.39 is 6.17 Å². The second kappa shape index (κ2) is 3.90. The Morgan fingerprint density at radius 1 is 1.44 bits per heavy atom. The molecular formula is C11H15FN4. The third-order valence-electron chi connectivity index (χ3n) is 3.22. The normalized spacial score (nSPS) is 29.2. The highest BCUT2D eigenvalue weighted by atomic mass is 19.1. The summed E-state index contributed by atoms with van der Waals surface area (Å²) < 4.78 is 13.4. The molecule has 1 aromatic rings. The molecule has 2 N–H and O–H groups in total. The van der Waals surface area contributed by atoms with Gasteiger partial charge in [0.1, 0.15) is 18.7 Å². The second-order valence-corrected chi connectivity index (χ2v) is 4.35. The maximum absolute atomic E-state index is 13.4. The summed E-state index contributed by atoms with van der Waals surface area (Å²) >= 11 is 0. The van der Waals surface area contributed by atoms with Crippen molar-refractivity contribution >= 4 is 12.0 Å². The first kappa shape index (κ1) is 9.84. The van der Waals surface area contributed by atoms with Gasteiger partial charge in [-0.1, -0.05) is 0 Å². The number of H-pyrrole nitrogens is 1. The van der Waals surface area contributed by atoms with E-state index in [2.05, 4.69) is 20.2 Å². The van der Waals surface area contributed by atoms with Crippen LogP contribution in [0.15, 0.2) is 17.3 Å². The number of hydrogen-bond donors (Lipinski definition) is 2.